The number of amides is 1. The van der Waals surface area contributed by atoms with Crippen molar-refractivity contribution in [2.75, 3.05) is 29.0 Å². The molecular weight excluding hydrogens is 548 g/mol. The Morgan fingerprint density at radius 3 is 2.55 bits per heavy atom. The number of carbonyl (C=O) groups is 2. The molecule has 202 valence electrons. The Morgan fingerprint density at radius 1 is 1.18 bits per heavy atom. The number of methoxy groups -OCH3 is 1. The van der Waals surface area contributed by atoms with E-state index in [2.05, 4.69) is 20.3 Å². The molecule has 38 heavy (non-hydrogen) atoms. The number of fused-ring (bicyclic) bond motifs is 1. The van der Waals surface area contributed by atoms with E-state index in [4.69, 9.17) is 4.74 Å². The van der Waals surface area contributed by atoms with Gasteiger partial charge in [0.15, 0.2) is 10.4 Å². The lowest BCUT2D eigenvalue weighted by Crippen LogP contribution is -2.49. The Balaban J connectivity index is 1.62. The molecule has 1 unspecified atom stereocenters. The first-order chi connectivity index (χ1) is 17.9. The predicted molar refractivity (Wildman–Crippen MR) is 147 cm³/mol. The van der Waals surface area contributed by atoms with Crippen LogP contribution >= 0.6 is 23.1 Å². The van der Waals surface area contributed by atoms with E-state index in [-0.39, 0.29) is 33.5 Å². The fourth-order valence-corrected chi connectivity index (χ4v) is 6.66. The summed E-state index contributed by atoms with van der Waals surface area (Å²) >= 11 is 2.22. The first kappa shape index (κ1) is 27.9. The predicted octanol–water partition coefficient (Wildman–Crippen LogP) is 4.00. The van der Waals surface area contributed by atoms with Crippen LogP contribution in [0.15, 0.2) is 51.7 Å². The monoisotopic (exact) mass is 576 g/mol. The van der Waals surface area contributed by atoms with Gasteiger partial charge in [-0.05, 0) is 42.2 Å². The lowest BCUT2D eigenvalue weighted by atomic mass is 9.86. The third kappa shape index (κ3) is 6.11. The molecular formula is C25H28N4O6S3. The Hall–Kier alpha value is -3.16. The molecule has 1 N–H and O–H groups in total. The standard InChI is InChI=1S/C25H28N4O6S3/c1-15-6-9-17(10-7-15)38(32,33)29-13-20(35-19-11-8-16(12-18(19)29)25(2,3)4)22(31)26-23-27-28-24(37-23)36-14-21(30)34-5/h6-12,20H,13-14H2,1-5H3,(H,26,27,31). The van der Waals surface area contributed by atoms with E-state index in [1.54, 1.807) is 36.4 Å². The van der Waals surface area contributed by atoms with Gasteiger partial charge in [-0.2, -0.15) is 0 Å². The molecule has 0 radical (unpaired) electrons. The summed E-state index contributed by atoms with van der Waals surface area (Å²) in [5.41, 5.74) is 2.00. The average molecular weight is 577 g/mol. The third-order valence-electron chi connectivity index (χ3n) is 5.77. The van der Waals surface area contributed by atoms with Crippen LogP contribution < -0.4 is 14.4 Å². The SMILES string of the molecule is COC(=O)CSc1nnc(NC(=O)C2CN(S(=O)(=O)c3ccc(C)cc3)c3cc(C(C)(C)C)ccc3O2)s1. The maximum atomic E-state index is 13.8. The van der Waals surface area contributed by atoms with Crippen molar-refractivity contribution in [1.29, 1.82) is 0 Å². The smallest absolute Gasteiger partial charge is 0.316 e. The van der Waals surface area contributed by atoms with Gasteiger partial charge in [-0.3, -0.25) is 19.2 Å². The molecule has 10 nitrogen and oxygen atoms in total. The van der Waals surface area contributed by atoms with Crippen LogP contribution in [0.3, 0.4) is 0 Å². The molecule has 0 bridgehead atoms. The van der Waals surface area contributed by atoms with Gasteiger partial charge in [0.2, 0.25) is 5.13 Å². The van der Waals surface area contributed by atoms with Crippen molar-refractivity contribution in [2.24, 2.45) is 0 Å². The summed E-state index contributed by atoms with van der Waals surface area (Å²) in [5, 5.41) is 10.7. The molecule has 2 heterocycles. The number of aryl methyl sites for hydroxylation is 1. The fourth-order valence-electron chi connectivity index (χ4n) is 3.60. The summed E-state index contributed by atoms with van der Waals surface area (Å²) in [5.74, 6) is -0.634. The number of nitrogens with one attached hydrogen (secondary N) is 1. The van der Waals surface area contributed by atoms with E-state index in [0.29, 0.717) is 10.0 Å². The van der Waals surface area contributed by atoms with Crippen LogP contribution in [0.25, 0.3) is 0 Å². The summed E-state index contributed by atoms with van der Waals surface area (Å²) in [6.45, 7) is 7.75. The van der Waals surface area contributed by atoms with Gasteiger partial charge >= 0.3 is 5.97 Å². The second kappa shape index (κ2) is 10.9. The summed E-state index contributed by atoms with van der Waals surface area (Å²) < 4.78 is 39.9. The minimum atomic E-state index is -4.01. The van der Waals surface area contributed by atoms with Crippen LogP contribution in [0, 0.1) is 6.92 Å². The van der Waals surface area contributed by atoms with E-state index in [0.717, 1.165) is 34.2 Å². The maximum absolute atomic E-state index is 13.8. The lowest BCUT2D eigenvalue weighted by Gasteiger charge is -2.35. The highest BCUT2D eigenvalue weighted by Crippen LogP contribution is 2.40. The highest BCUT2D eigenvalue weighted by Gasteiger charge is 2.38. The van der Waals surface area contributed by atoms with Crippen molar-refractivity contribution < 1.29 is 27.5 Å². The minimum absolute atomic E-state index is 0.0595. The van der Waals surface area contributed by atoms with Gasteiger partial charge < -0.3 is 9.47 Å². The molecule has 13 heteroatoms. The van der Waals surface area contributed by atoms with Gasteiger partial charge in [0.05, 0.1) is 30.0 Å². The van der Waals surface area contributed by atoms with Crippen LogP contribution in [0.1, 0.15) is 31.9 Å². The van der Waals surface area contributed by atoms with Crippen molar-refractivity contribution in [3.63, 3.8) is 0 Å². The van der Waals surface area contributed by atoms with E-state index in [1.165, 1.54) is 11.4 Å². The Morgan fingerprint density at radius 2 is 1.89 bits per heavy atom. The van der Waals surface area contributed by atoms with Crippen molar-refractivity contribution in [3.8, 4) is 5.75 Å². The normalized spacial score (nSPS) is 15.4. The fraction of sp³-hybridized carbons (Fsp3) is 0.360. The first-order valence-corrected chi connectivity index (χ1v) is 14.9. The number of thioether (sulfide) groups is 1. The highest BCUT2D eigenvalue weighted by molar-refractivity contribution is 8.01. The quantitative estimate of drug-likeness (QED) is 0.252. The van der Waals surface area contributed by atoms with Crippen molar-refractivity contribution in [3.05, 3.63) is 53.6 Å². The maximum Gasteiger partial charge on any atom is 0.316 e. The summed E-state index contributed by atoms with van der Waals surface area (Å²) in [4.78, 5) is 24.7. The Kier molecular flexibility index (Phi) is 8.00. The molecule has 1 aliphatic rings. The van der Waals surface area contributed by atoms with E-state index in [1.807, 2.05) is 33.8 Å². The number of hydrogen-bond acceptors (Lipinski definition) is 10. The van der Waals surface area contributed by atoms with E-state index >= 15 is 0 Å². The molecule has 1 amide bonds. The summed E-state index contributed by atoms with van der Waals surface area (Å²) in [7, 11) is -2.71. The van der Waals surface area contributed by atoms with Crippen molar-refractivity contribution >= 4 is 55.8 Å². The second-order valence-electron chi connectivity index (χ2n) is 9.62. The molecule has 1 aliphatic heterocycles. The molecule has 2 aromatic carbocycles. The summed E-state index contributed by atoms with van der Waals surface area (Å²) in [6, 6.07) is 11.9. The third-order valence-corrected chi connectivity index (χ3v) is 9.51. The van der Waals surface area contributed by atoms with E-state index in [9.17, 15) is 18.0 Å². The van der Waals surface area contributed by atoms with Crippen molar-refractivity contribution in [1.82, 2.24) is 10.2 Å². The molecule has 3 aromatic rings. The number of nitrogens with zero attached hydrogens (tertiary/aromatic N) is 3. The van der Waals surface area contributed by atoms with Crippen molar-refractivity contribution in [2.45, 2.75) is 48.4 Å². The van der Waals surface area contributed by atoms with E-state index < -0.39 is 28.0 Å². The lowest BCUT2D eigenvalue weighted by molar-refractivity contribution is -0.137. The molecule has 0 saturated carbocycles. The molecule has 0 aliphatic carbocycles. The number of anilines is 2. The average Bonchev–Trinajstić information content (AvgIpc) is 3.33. The van der Waals surface area contributed by atoms with Crippen LogP contribution in [-0.2, 0) is 29.8 Å². The number of carbonyl (C=O) groups excluding carboxylic acids is 2. The molecule has 0 saturated heterocycles. The Bertz CT molecular complexity index is 1450. The molecule has 4 rings (SSSR count). The molecule has 0 spiro atoms. The number of benzene rings is 2. The highest BCUT2D eigenvalue weighted by atomic mass is 32.2. The molecule has 1 aromatic heterocycles. The zero-order valence-corrected chi connectivity index (χ0v) is 24.0. The van der Waals surface area contributed by atoms with Gasteiger partial charge in [0.1, 0.15) is 5.75 Å². The van der Waals surface area contributed by atoms with Crippen LogP contribution in [-0.4, -0.2) is 56.0 Å². The molecule has 0 fully saturated rings. The zero-order chi connectivity index (χ0) is 27.7. The van der Waals surface area contributed by atoms with Gasteiger partial charge in [-0.25, -0.2) is 8.42 Å². The van der Waals surface area contributed by atoms with Gasteiger partial charge in [-0.15, -0.1) is 10.2 Å². The number of ether oxygens (including phenoxy) is 2. The van der Waals surface area contributed by atoms with Gasteiger partial charge in [0, 0.05) is 0 Å². The summed E-state index contributed by atoms with van der Waals surface area (Å²) in [6.07, 6.45) is -1.14. The first-order valence-electron chi connectivity index (χ1n) is 11.6. The van der Waals surface area contributed by atoms with Gasteiger partial charge in [0.25, 0.3) is 15.9 Å². The number of sulfonamides is 1. The Labute approximate surface area is 229 Å². The zero-order valence-electron chi connectivity index (χ0n) is 21.5. The topological polar surface area (TPSA) is 128 Å². The van der Waals surface area contributed by atoms with Crippen LogP contribution in [0.5, 0.6) is 5.75 Å². The van der Waals surface area contributed by atoms with Gasteiger partial charge in [-0.1, -0.05) is 67.6 Å². The van der Waals surface area contributed by atoms with Crippen LogP contribution in [0.4, 0.5) is 10.8 Å². The number of aromatic nitrogens is 2. The van der Waals surface area contributed by atoms with Crippen LogP contribution in [0.2, 0.25) is 0 Å². The largest absolute Gasteiger partial charge is 0.476 e. The second-order valence-corrected chi connectivity index (χ2v) is 13.7. The molecule has 1 atom stereocenters. The number of rotatable bonds is 7. The number of hydrogen-bond donors (Lipinski definition) is 1. The number of esters is 1. The minimum Gasteiger partial charge on any atom is -0.476 e.